The van der Waals surface area contributed by atoms with Crippen molar-refractivity contribution in [2.75, 3.05) is 26.3 Å². The van der Waals surface area contributed by atoms with Gasteiger partial charge in [0.2, 0.25) is 17.7 Å². The highest BCUT2D eigenvalue weighted by molar-refractivity contribution is 5.81. The fourth-order valence-electron chi connectivity index (χ4n) is 13.7. The van der Waals surface area contributed by atoms with Crippen molar-refractivity contribution < 1.29 is 122 Å². The molecule has 13 N–H and O–H groups in total. The summed E-state index contributed by atoms with van der Waals surface area (Å²) in [6.07, 6.45) is -30.5. The SMILES string of the molecule is CCC[C@H](OC1C(NC(C)=O)[C@H](O[C@@H]2CC(C(=O)NCCNC(=O)C3CC(OCc4cc5ccccc5oc4=O)C(O)[C@H](O[C@@H]4OC(CO)[C@H](O)C(OCc5cc6ccccc6oc5=O)C4O)C3)CC(n3cc(-c4ccccc4)nn3)C2O[C@@H]2OC(C)[C@@H](O)C(O)C2O)OC(CO)[C@@H]1O)C(=O)O. The highest BCUT2D eigenvalue weighted by atomic mass is 16.7. The van der Waals surface area contributed by atoms with Crippen LogP contribution in [0.1, 0.15) is 76.5 Å². The number of fused-ring (bicyclic) bond motifs is 2. The number of aliphatic hydroxyl groups excluding tert-OH is 9. The topological polar surface area (TPSA) is 481 Å². The quantitative estimate of drug-likeness (QED) is 0.0216. The van der Waals surface area contributed by atoms with Gasteiger partial charge in [0.15, 0.2) is 25.0 Å². The zero-order valence-corrected chi connectivity index (χ0v) is 55.8. The second-order valence-corrected chi connectivity index (χ2v) is 26.2. The van der Waals surface area contributed by atoms with E-state index < -0.39 is 208 Å². The molecule has 0 bridgehead atoms. The lowest BCUT2D eigenvalue weighted by atomic mass is 9.80. The minimum absolute atomic E-state index is 0.0293. The standard InChI is InChI=1S/C69H86N6O27/c1-4-12-45(64(88)89)95-60-51(72-33(3)78)67(100-49(28-76)54(60)81)99-48-26-37(23-42(75-27-41(73-74-75)34-13-6-5-7-14-34)59(48)102-68-57(84)56(83)52(79)32(2)94-68)62(86)70-19-20-71-63(87)38-24-46(92-30-39-21-35-15-8-10-17-43(35)96-65(39)90)53(80)47(25-38)98-69-58(85)61(55(82)50(29-77)101-69)93-31-40-22-36-16-9-11-18-44(36)97-66(40)91/h5-11,13-18,21-22,27,32,37-38,42,45-61,67-69,76-77,79-85H,4,12,19-20,23-26,28-31H2,1-3H3,(H,70,86)(H,71,87)(H,72,78)(H,88,89)/t32?,37?,38?,42?,45-,46?,47+,48+,49?,50?,51?,52+,53?,54-,55-,56?,57?,58?,59?,60?,61?,67+,68-,69+/m0/s1. The highest BCUT2D eigenvalue weighted by Crippen LogP contribution is 2.42. The van der Waals surface area contributed by atoms with Gasteiger partial charge in [-0.3, -0.25) is 14.4 Å². The van der Waals surface area contributed by atoms with E-state index in [2.05, 4.69) is 26.3 Å². The molecule has 2 aliphatic carbocycles. The van der Waals surface area contributed by atoms with Crippen LogP contribution in [0, 0.1) is 11.8 Å². The molecule has 102 heavy (non-hydrogen) atoms. The second kappa shape index (κ2) is 33.9. The number of ether oxygens (including phenoxy) is 9. The molecular weight excluding hydrogens is 1340 g/mol. The number of carbonyl (C=O) groups excluding carboxylic acids is 3. The van der Waals surface area contributed by atoms with Crippen LogP contribution >= 0.6 is 0 Å². The summed E-state index contributed by atoms with van der Waals surface area (Å²) in [5.74, 6) is -5.49. The maximum absolute atomic E-state index is 14.9. The molecule has 3 amide bonds. The van der Waals surface area contributed by atoms with Gasteiger partial charge in [0.1, 0.15) is 96.1 Å². The fourth-order valence-corrected chi connectivity index (χ4v) is 13.7. The van der Waals surface area contributed by atoms with Crippen LogP contribution in [0.25, 0.3) is 33.2 Å². The first-order chi connectivity index (χ1) is 49.0. The van der Waals surface area contributed by atoms with E-state index >= 15 is 0 Å². The molecular formula is C69H86N6O27. The first-order valence-electron chi connectivity index (χ1n) is 33.9. The van der Waals surface area contributed by atoms with Gasteiger partial charge in [-0.15, -0.1) is 5.10 Å². The Morgan fingerprint density at radius 3 is 1.76 bits per heavy atom. The zero-order chi connectivity index (χ0) is 72.6. The van der Waals surface area contributed by atoms with Crippen LogP contribution in [-0.4, -0.2) is 245 Å². The van der Waals surface area contributed by atoms with Gasteiger partial charge in [0.25, 0.3) is 0 Å². The van der Waals surface area contributed by atoms with Crippen molar-refractivity contribution >= 4 is 45.6 Å². The molecule has 2 saturated carbocycles. The van der Waals surface area contributed by atoms with Crippen molar-refractivity contribution in [2.45, 2.75) is 207 Å². The number of carbonyl (C=O) groups is 4. The molecule has 24 atom stereocenters. The number of aliphatic carboxylic acids is 1. The number of aliphatic hydroxyl groups is 9. The van der Waals surface area contributed by atoms with Gasteiger partial charge >= 0.3 is 17.2 Å². The van der Waals surface area contributed by atoms with Crippen molar-refractivity contribution in [1.82, 2.24) is 30.9 Å². The molecule has 3 aromatic carbocycles. The van der Waals surface area contributed by atoms with Crippen molar-refractivity contribution in [1.29, 1.82) is 0 Å². The minimum atomic E-state index is -1.88. The van der Waals surface area contributed by atoms with Crippen molar-refractivity contribution in [3.63, 3.8) is 0 Å². The maximum atomic E-state index is 14.9. The molecule has 11 rings (SSSR count). The predicted octanol–water partition coefficient (Wildman–Crippen LogP) is -1.07. The number of para-hydroxylation sites is 2. The Balaban J connectivity index is 0.838. The minimum Gasteiger partial charge on any atom is -0.479 e. The molecule has 3 aliphatic heterocycles. The lowest BCUT2D eigenvalue weighted by Gasteiger charge is -2.49. The average Bonchev–Trinajstić information content (AvgIpc) is 1.11. The molecule has 6 heterocycles. The van der Waals surface area contributed by atoms with Crippen LogP contribution < -0.4 is 27.2 Å². The number of benzene rings is 3. The van der Waals surface area contributed by atoms with E-state index in [-0.39, 0.29) is 56.3 Å². The van der Waals surface area contributed by atoms with E-state index in [4.69, 9.17) is 51.5 Å². The molecule has 3 saturated heterocycles. The van der Waals surface area contributed by atoms with Gasteiger partial charge < -0.3 is 118 Å². The Morgan fingerprint density at radius 2 is 1.16 bits per heavy atom. The largest absolute Gasteiger partial charge is 0.479 e. The van der Waals surface area contributed by atoms with E-state index in [1.807, 2.05) is 0 Å². The van der Waals surface area contributed by atoms with Crippen molar-refractivity contribution in [3.05, 3.63) is 129 Å². The second-order valence-electron chi connectivity index (χ2n) is 26.2. The molecule has 0 radical (unpaired) electrons. The van der Waals surface area contributed by atoms with Crippen LogP contribution in [0.4, 0.5) is 0 Å². The number of rotatable bonds is 27. The summed E-state index contributed by atoms with van der Waals surface area (Å²) in [7, 11) is 0. The van der Waals surface area contributed by atoms with Gasteiger partial charge in [-0.25, -0.2) is 19.1 Å². The molecule has 5 aliphatic rings. The van der Waals surface area contributed by atoms with E-state index in [1.165, 1.54) is 17.7 Å². The molecule has 3 aromatic heterocycles. The summed E-state index contributed by atoms with van der Waals surface area (Å²) in [4.78, 5) is 81.2. The number of carboxylic acids is 1. The fraction of sp³-hybridized carbons (Fsp3) is 0.565. The molecule has 0 spiro atoms. The van der Waals surface area contributed by atoms with Gasteiger partial charge in [0.05, 0.1) is 74.2 Å². The molecule has 5 fully saturated rings. The lowest BCUT2D eigenvalue weighted by molar-refractivity contribution is -0.337. The third-order valence-electron chi connectivity index (χ3n) is 19.2. The Labute approximate surface area is 582 Å². The summed E-state index contributed by atoms with van der Waals surface area (Å²) in [6, 6.07) is 22.8. The van der Waals surface area contributed by atoms with Crippen LogP contribution in [-0.2, 0) is 75.0 Å². The average molecular weight is 1430 g/mol. The lowest BCUT2D eigenvalue weighted by Crippen LogP contribution is -2.67. The summed E-state index contributed by atoms with van der Waals surface area (Å²) in [5, 5.41) is 129. The number of nitrogens with one attached hydrogen (secondary N) is 3. The highest BCUT2D eigenvalue weighted by Gasteiger charge is 2.55. The normalized spacial score (nSPS) is 33.1. The van der Waals surface area contributed by atoms with E-state index in [9.17, 15) is 79.8 Å². The summed E-state index contributed by atoms with van der Waals surface area (Å²) in [6.45, 7) is 1.29. The number of hydrogen-bond acceptors (Lipinski definition) is 28. The summed E-state index contributed by atoms with van der Waals surface area (Å²) >= 11 is 0. The Bertz CT molecular complexity index is 3940. The van der Waals surface area contributed by atoms with Gasteiger partial charge in [-0.2, -0.15) is 0 Å². The number of amides is 3. The van der Waals surface area contributed by atoms with Gasteiger partial charge in [0, 0.05) is 48.2 Å². The zero-order valence-electron chi connectivity index (χ0n) is 55.8. The summed E-state index contributed by atoms with van der Waals surface area (Å²) in [5.41, 5.74) is 0.273. The molecule has 33 heteroatoms. The van der Waals surface area contributed by atoms with Crippen LogP contribution in [0.2, 0.25) is 0 Å². The number of nitrogens with zero attached hydrogens (tertiary/aromatic N) is 3. The first-order valence-corrected chi connectivity index (χ1v) is 33.9. The number of carboxylic acid groups (broad SMARTS) is 1. The predicted molar refractivity (Wildman–Crippen MR) is 349 cm³/mol. The third-order valence-corrected chi connectivity index (χ3v) is 19.2. The molecule has 554 valence electrons. The van der Waals surface area contributed by atoms with Crippen LogP contribution in [0.5, 0.6) is 0 Å². The Morgan fingerprint density at radius 1 is 0.608 bits per heavy atom. The number of hydrogen-bond donors (Lipinski definition) is 13. The van der Waals surface area contributed by atoms with Crippen molar-refractivity contribution in [2.24, 2.45) is 11.8 Å². The van der Waals surface area contributed by atoms with E-state index in [0.717, 1.165) is 6.92 Å². The monoisotopic (exact) mass is 1430 g/mol. The van der Waals surface area contributed by atoms with Gasteiger partial charge in [-0.05, 0) is 63.3 Å². The van der Waals surface area contributed by atoms with Crippen molar-refractivity contribution in [3.8, 4) is 11.3 Å². The van der Waals surface area contributed by atoms with E-state index in [0.29, 0.717) is 39.6 Å². The third kappa shape index (κ3) is 17.3. The van der Waals surface area contributed by atoms with Crippen LogP contribution in [0.3, 0.4) is 0 Å². The maximum Gasteiger partial charge on any atom is 0.341 e. The molecule has 15 unspecified atom stereocenters. The summed E-state index contributed by atoms with van der Waals surface area (Å²) < 4.78 is 68.2. The smallest absolute Gasteiger partial charge is 0.341 e. The van der Waals surface area contributed by atoms with Gasteiger partial charge in [-0.1, -0.05) is 85.3 Å². The molecule has 6 aromatic rings. The first kappa shape index (κ1) is 75.5. The van der Waals surface area contributed by atoms with Crippen LogP contribution in [0.15, 0.2) is 116 Å². The Hall–Kier alpha value is -7.62. The van der Waals surface area contributed by atoms with E-state index in [1.54, 1.807) is 98.0 Å². The molecule has 33 nitrogen and oxygen atoms in total. The Kier molecular flexibility index (Phi) is 25.1. The number of aromatic nitrogens is 3.